The third-order valence-electron chi connectivity index (χ3n) is 4.60. The van der Waals surface area contributed by atoms with E-state index >= 15 is 0 Å². The summed E-state index contributed by atoms with van der Waals surface area (Å²) in [5.74, 6) is 0.263. The molecule has 0 bridgehead atoms. The van der Waals surface area contributed by atoms with Crippen molar-refractivity contribution < 1.29 is 9.90 Å². The third kappa shape index (κ3) is 3.03. The van der Waals surface area contributed by atoms with Gasteiger partial charge in [-0.15, -0.1) is 0 Å². The van der Waals surface area contributed by atoms with Gasteiger partial charge in [0, 0.05) is 42.1 Å². The van der Waals surface area contributed by atoms with Crippen molar-refractivity contribution in [2.45, 2.75) is 0 Å². The summed E-state index contributed by atoms with van der Waals surface area (Å²) >= 11 is 6.01. The highest BCUT2D eigenvalue weighted by Gasteiger charge is 2.24. The predicted octanol–water partition coefficient (Wildman–Crippen LogP) is 3.49. The Bertz CT molecular complexity index is 929. The van der Waals surface area contributed by atoms with Gasteiger partial charge >= 0.3 is 0 Å². The highest BCUT2D eigenvalue weighted by atomic mass is 35.5. The first-order chi connectivity index (χ1) is 12.1. The van der Waals surface area contributed by atoms with Crippen LogP contribution in [0.1, 0.15) is 10.5 Å². The minimum atomic E-state index is -0.00995. The highest BCUT2D eigenvalue weighted by molar-refractivity contribution is 6.31. The number of aromatic amines is 1. The van der Waals surface area contributed by atoms with Gasteiger partial charge in [-0.25, -0.2) is 0 Å². The minimum absolute atomic E-state index is 0.00995. The number of fused-ring (bicyclic) bond motifs is 1. The molecule has 0 radical (unpaired) electrons. The molecule has 0 atom stereocenters. The van der Waals surface area contributed by atoms with Crippen LogP contribution in [-0.4, -0.2) is 47.1 Å². The number of anilines is 1. The fourth-order valence-corrected chi connectivity index (χ4v) is 3.45. The van der Waals surface area contributed by atoms with Gasteiger partial charge in [0.1, 0.15) is 11.4 Å². The van der Waals surface area contributed by atoms with Crippen molar-refractivity contribution in [2.75, 3.05) is 31.1 Å². The van der Waals surface area contributed by atoms with E-state index in [9.17, 15) is 9.90 Å². The fraction of sp³-hybridized carbons (Fsp3) is 0.211. The number of rotatable bonds is 2. The largest absolute Gasteiger partial charge is 0.506 e. The number of H-pyrrole nitrogens is 1. The summed E-state index contributed by atoms with van der Waals surface area (Å²) in [5.41, 5.74) is 2.30. The zero-order chi connectivity index (χ0) is 17.4. The lowest BCUT2D eigenvalue weighted by molar-refractivity contribution is 0.0742. The van der Waals surface area contributed by atoms with Gasteiger partial charge in [-0.05, 0) is 36.4 Å². The van der Waals surface area contributed by atoms with Crippen LogP contribution in [0.2, 0.25) is 5.02 Å². The second kappa shape index (κ2) is 6.33. The molecule has 25 heavy (non-hydrogen) atoms. The summed E-state index contributed by atoms with van der Waals surface area (Å²) in [6.07, 6.45) is 0. The molecular weight excluding hydrogens is 338 g/mol. The Kier molecular flexibility index (Phi) is 4.01. The van der Waals surface area contributed by atoms with E-state index in [1.165, 1.54) is 0 Å². The molecule has 2 N–H and O–H groups in total. The van der Waals surface area contributed by atoms with Gasteiger partial charge in [0.15, 0.2) is 0 Å². The molecule has 1 aliphatic heterocycles. The quantitative estimate of drug-likeness (QED) is 0.739. The van der Waals surface area contributed by atoms with E-state index in [2.05, 4.69) is 9.88 Å². The summed E-state index contributed by atoms with van der Waals surface area (Å²) in [6.45, 7) is 2.61. The first kappa shape index (κ1) is 15.8. The SMILES string of the molecule is O=C(c1cc2cc(Cl)ccc2[nH]1)N1CCN(c2ccccc2O)CC1. The van der Waals surface area contributed by atoms with E-state index in [-0.39, 0.29) is 11.7 Å². The molecule has 0 unspecified atom stereocenters. The van der Waals surface area contributed by atoms with Crippen LogP contribution in [0.15, 0.2) is 48.5 Å². The topological polar surface area (TPSA) is 59.6 Å². The molecule has 1 amide bonds. The maximum absolute atomic E-state index is 12.8. The standard InChI is InChI=1S/C19H18ClN3O2/c20-14-5-6-15-13(11-14)12-16(21-15)19(25)23-9-7-22(8-10-23)17-3-1-2-4-18(17)24/h1-6,11-12,21,24H,7-10H2. The van der Waals surface area contributed by atoms with E-state index in [4.69, 9.17) is 11.6 Å². The smallest absolute Gasteiger partial charge is 0.270 e. The number of para-hydroxylation sites is 2. The molecule has 0 spiro atoms. The molecule has 1 aromatic heterocycles. The number of amides is 1. The molecular formula is C19H18ClN3O2. The Morgan fingerprint density at radius 1 is 1.04 bits per heavy atom. The minimum Gasteiger partial charge on any atom is -0.506 e. The Morgan fingerprint density at radius 2 is 1.80 bits per heavy atom. The van der Waals surface area contributed by atoms with E-state index in [1.54, 1.807) is 18.2 Å². The predicted molar refractivity (Wildman–Crippen MR) is 99.5 cm³/mol. The molecule has 0 aliphatic carbocycles. The first-order valence-corrected chi connectivity index (χ1v) is 8.60. The maximum Gasteiger partial charge on any atom is 0.270 e. The highest BCUT2D eigenvalue weighted by Crippen LogP contribution is 2.27. The van der Waals surface area contributed by atoms with Gasteiger partial charge in [-0.3, -0.25) is 4.79 Å². The number of aromatic hydroxyl groups is 1. The van der Waals surface area contributed by atoms with Crippen molar-refractivity contribution in [1.29, 1.82) is 0 Å². The van der Waals surface area contributed by atoms with Gasteiger partial charge < -0.3 is 19.9 Å². The number of halogens is 1. The molecule has 1 saturated heterocycles. The monoisotopic (exact) mass is 355 g/mol. The summed E-state index contributed by atoms with van der Waals surface area (Å²) in [6, 6.07) is 14.7. The number of carbonyl (C=O) groups is 1. The van der Waals surface area contributed by atoms with E-state index in [0.717, 1.165) is 16.6 Å². The van der Waals surface area contributed by atoms with E-state index < -0.39 is 0 Å². The van der Waals surface area contributed by atoms with Crippen LogP contribution >= 0.6 is 11.6 Å². The van der Waals surface area contributed by atoms with Crippen molar-refractivity contribution in [2.24, 2.45) is 0 Å². The van der Waals surface area contributed by atoms with Crippen molar-refractivity contribution in [3.05, 3.63) is 59.2 Å². The molecule has 4 rings (SSSR count). The molecule has 1 fully saturated rings. The number of carbonyl (C=O) groups excluding carboxylic acids is 1. The van der Waals surface area contributed by atoms with Gasteiger partial charge in [0.2, 0.25) is 0 Å². The van der Waals surface area contributed by atoms with Crippen molar-refractivity contribution >= 4 is 34.1 Å². The number of benzene rings is 2. The zero-order valence-electron chi connectivity index (χ0n) is 13.6. The number of nitrogens with zero attached hydrogens (tertiary/aromatic N) is 2. The number of nitrogens with one attached hydrogen (secondary N) is 1. The van der Waals surface area contributed by atoms with Crippen LogP contribution in [0.4, 0.5) is 5.69 Å². The maximum atomic E-state index is 12.8. The first-order valence-electron chi connectivity index (χ1n) is 8.22. The van der Waals surface area contributed by atoms with Crippen LogP contribution in [0.3, 0.4) is 0 Å². The van der Waals surface area contributed by atoms with Gasteiger partial charge in [0.25, 0.3) is 5.91 Å². The Labute approximate surface area is 150 Å². The second-order valence-electron chi connectivity index (χ2n) is 6.18. The zero-order valence-corrected chi connectivity index (χ0v) is 14.3. The van der Waals surface area contributed by atoms with Crippen LogP contribution in [0.25, 0.3) is 10.9 Å². The number of phenolic OH excluding ortho intramolecular Hbond substituents is 1. The molecule has 1 aliphatic rings. The normalized spacial score (nSPS) is 14.9. The molecule has 0 saturated carbocycles. The Balaban J connectivity index is 1.48. The number of aromatic nitrogens is 1. The number of phenols is 1. The summed E-state index contributed by atoms with van der Waals surface area (Å²) in [4.78, 5) is 19.9. The van der Waals surface area contributed by atoms with Crippen LogP contribution in [0.5, 0.6) is 5.75 Å². The van der Waals surface area contributed by atoms with Crippen molar-refractivity contribution in [1.82, 2.24) is 9.88 Å². The number of hydrogen-bond donors (Lipinski definition) is 2. The second-order valence-corrected chi connectivity index (χ2v) is 6.62. The summed E-state index contributed by atoms with van der Waals surface area (Å²) < 4.78 is 0. The average molecular weight is 356 g/mol. The molecule has 3 aromatic rings. The lowest BCUT2D eigenvalue weighted by Crippen LogP contribution is -2.48. The van der Waals surface area contributed by atoms with Crippen LogP contribution in [0, 0.1) is 0 Å². The molecule has 6 heteroatoms. The van der Waals surface area contributed by atoms with Crippen LogP contribution < -0.4 is 4.90 Å². The molecule has 2 aromatic carbocycles. The number of hydrogen-bond acceptors (Lipinski definition) is 3. The van der Waals surface area contributed by atoms with Gasteiger partial charge in [-0.2, -0.15) is 0 Å². The van der Waals surface area contributed by atoms with E-state index in [0.29, 0.717) is 36.9 Å². The van der Waals surface area contributed by atoms with Gasteiger partial charge in [0.05, 0.1) is 5.69 Å². The Morgan fingerprint density at radius 3 is 2.56 bits per heavy atom. The molecule has 128 valence electrons. The molecule has 2 heterocycles. The number of piperazine rings is 1. The lowest BCUT2D eigenvalue weighted by Gasteiger charge is -2.36. The summed E-state index contributed by atoms with van der Waals surface area (Å²) in [7, 11) is 0. The lowest BCUT2D eigenvalue weighted by atomic mass is 10.2. The Hall–Kier alpha value is -2.66. The van der Waals surface area contributed by atoms with Gasteiger partial charge in [-0.1, -0.05) is 23.7 Å². The average Bonchev–Trinajstić information content (AvgIpc) is 3.05. The third-order valence-corrected chi connectivity index (χ3v) is 4.84. The fourth-order valence-electron chi connectivity index (χ4n) is 3.27. The van der Waals surface area contributed by atoms with Crippen molar-refractivity contribution in [3.8, 4) is 5.75 Å². The molecule has 5 nitrogen and oxygen atoms in total. The summed E-state index contributed by atoms with van der Waals surface area (Å²) in [5, 5.41) is 11.6. The van der Waals surface area contributed by atoms with Crippen molar-refractivity contribution in [3.63, 3.8) is 0 Å². The van der Waals surface area contributed by atoms with E-state index in [1.807, 2.05) is 35.2 Å². The van der Waals surface area contributed by atoms with Crippen LogP contribution in [-0.2, 0) is 0 Å².